The summed E-state index contributed by atoms with van der Waals surface area (Å²) in [6.07, 6.45) is 3.09. The van der Waals surface area contributed by atoms with Gasteiger partial charge in [0, 0.05) is 5.69 Å². The van der Waals surface area contributed by atoms with Gasteiger partial charge in [0.2, 0.25) is 0 Å². The summed E-state index contributed by atoms with van der Waals surface area (Å²) in [5.41, 5.74) is 6.61. The van der Waals surface area contributed by atoms with Gasteiger partial charge < -0.3 is 5.73 Å². The predicted molar refractivity (Wildman–Crippen MR) is 55.8 cm³/mol. The molecule has 0 atom stereocenters. The summed E-state index contributed by atoms with van der Waals surface area (Å²) in [7, 11) is 0. The van der Waals surface area contributed by atoms with E-state index in [1.165, 1.54) is 4.80 Å². The molecule has 0 aliphatic carbocycles. The van der Waals surface area contributed by atoms with Crippen molar-refractivity contribution in [3.8, 4) is 5.69 Å². The average molecular weight is 229 g/mol. The molecule has 1 aromatic heterocycles. The molecule has 0 unspecified atom stereocenters. The third-order valence-electron chi connectivity index (χ3n) is 1.66. The zero-order chi connectivity index (χ0) is 10.1. The van der Waals surface area contributed by atoms with Crippen LogP contribution in [0, 0.1) is 0 Å². The number of halogens is 2. The topological polar surface area (TPSA) is 56.7 Å². The van der Waals surface area contributed by atoms with E-state index in [0.717, 1.165) is 0 Å². The number of aromatic nitrogens is 3. The third-order valence-corrected chi connectivity index (χ3v) is 2.23. The summed E-state index contributed by atoms with van der Waals surface area (Å²) in [5, 5.41) is 8.71. The summed E-state index contributed by atoms with van der Waals surface area (Å²) in [4.78, 5) is 1.35. The van der Waals surface area contributed by atoms with Crippen molar-refractivity contribution in [1.82, 2.24) is 15.0 Å². The van der Waals surface area contributed by atoms with Crippen molar-refractivity contribution >= 4 is 28.9 Å². The standard InChI is InChI=1S/C8H6Cl2N4/c9-6-3-5(11)4-7(10)8(6)14-12-1-2-13-14/h1-4H,11H2. The highest BCUT2D eigenvalue weighted by atomic mass is 35.5. The maximum absolute atomic E-state index is 5.96. The van der Waals surface area contributed by atoms with Gasteiger partial charge in [0.25, 0.3) is 0 Å². The Morgan fingerprint density at radius 1 is 1.07 bits per heavy atom. The van der Waals surface area contributed by atoms with Gasteiger partial charge >= 0.3 is 0 Å². The highest BCUT2D eigenvalue weighted by molar-refractivity contribution is 6.38. The van der Waals surface area contributed by atoms with Crippen LogP contribution in [-0.2, 0) is 0 Å². The zero-order valence-corrected chi connectivity index (χ0v) is 8.50. The number of rotatable bonds is 1. The van der Waals surface area contributed by atoms with E-state index in [0.29, 0.717) is 21.4 Å². The first-order chi connectivity index (χ1) is 6.68. The molecule has 0 fully saturated rings. The summed E-state index contributed by atoms with van der Waals surface area (Å²) >= 11 is 11.9. The number of hydrogen-bond donors (Lipinski definition) is 1. The number of nitrogen functional groups attached to an aromatic ring is 1. The fraction of sp³-hybridized carbons (Fsp3) is 0. The lowest BCUT2D eigenvalue weighted by Crippen LogP contribution is -2.01. The van der Waals surface area contributed by atoms with Crippen LogP contribution in [-0.4, -0.2) is 15.0 Å². The average Bonchev–Trinajstić information content (AvgIpc) is 2.54. The summed E-state index contributed by atoms with van der Waals surface area (Å²) in [6, 6.07) is 3.21. The van der Waals surface area contributed by atoms with Crippen molar-refractivity contribution < 1.29 is 0 Å². The van der Waals surface area contributed by atoms with E-state index < -0.39 is 0 Å². The van der Waals surface area contributed by atoms with Crippen LogP contribution in [0.25, 0.3) is 5.69 Å². The minimum Gasteiger partial charge on any atom is -0.399 e. The summed E-state index contributed by atoms with van der Waals surface area (Å²) < 4.78 is 0. The second kappa shape index (κ2) is 3.48. The smallest absolute Gasteiger partial charge is 0.123 e. The molecule has 0 aliphatic rings. The van der Waals surface area contributed by atoms with Gasteiger partial charge in [-0.2, -0.15) is 10.2 Å². The van der Waals surface area contributed by atoms with Crippen LogP contribution < -0.4 is 5.73 Å². The van der Waals surface area contributed by atoms with E-state index in [9.17, 15) is 0 Å². The van der Waals surface area contributed by atoms with E-state index in [4.69, 9.17) is 28.9 Å². The van der Waals surface area contributed by atoms with E-state index in [2.05, 4.69) is 10.2 Å². The van der Waals surface area contributed by atoms with Crippen molar-refractivity contribution in [2.24, 2.45) is 0 Å². The zero-order valence-electron chi connectivity index (χ0n) is 6.98. The molecule has 2 rings (SSSR count). The number of benzene rings is 1. The van der Waals surface area contributed by atoms with E-state index in [1.807, 2.05) is 0 Å². The normalized spacial score (nSPS) is 10.4. The van der Waals surface area contributed by atoms with Crippen LogP contribution in [0.3, 0.4) is 0 Å². The molecule has 0 aliphatic heterocycles. The van der Waals surface area contributed by atoms with Crippen LogP contribution in [0.15, 0.2) is 24.5 Å². The number of nitrogens with two attached hydrogens (primary N) is 1. The quantitative estimate of drug-likeness (QED) is 0.762. The van der Waals surface area contributed by atoms with Gasteiger partial charge in [0.15, 0.2) is 0 Å². The molecule has 6 heteroatoms. The van der Waals surface area contributed by atoms with Crippen molar-refractivity contribution in [1.29, 1.82) is 0 Å². The lowest BCUT2D eigenvalue weighted by molar-refractivity contribution is 0.752. The van der Waals surface area contributed by atoms with E-state index in [1.54, 1.807) is 24.5 Å². The molecule has 0 amide bonds. The van der Waals surface area contributed by atoms with Crippen LogP contribution in [0.5, 0.6) is 0 Å². The van der Waals surface area contributed by atoms with Gasteiger partial charge in [-0.25, -0.2) is 0 Å². The molecule has 0 spiro atoms. The fourth-order valence-corrected chi connectivity index (χ4v) is 1.76. The van der Waals surface area contributed by atoms with Crippen LogP contribution in [0.1, 0.15) is 0 Å². The Hall–Kier alpha value is -1.26. The summed E-state index contributed by atoms with van der Waals surface area (Å²) in [6.45, 7) is 0. The van der Waals surface area contributed by atoms with Gasteiger partial charge in [0.1, 0.15) is 5.69 Å². The van der Waals surface area contributed by atoms with Gasteiger partial charge in [-0.15, -0.1) is 4.80 Å². The molecule has 0 radical (unpaired) electrons. The molecular formula is C8H6Cl2N4. The third kappa shape index (κ3) is 1.54. The Labute approximate surface area is 90.2 Å². The Morgan fingerprint density at radius 3 is 2.07 bits per heavy atom. The van der Waals surface area contributed by atoms with Crippen molar-refractivity contribution in [3.63, 3.8) is 0 Å². The lowest BCUT2D eigenvalue weighted by Gasteiger charge is -2.06. The molecule has 1 aromatic carbocycles. The first kappa shape index (κ1) is 9.30. The lowest BCUT2D eigenvalue weighted by atomic mass is 10.3. The molecule has 4 nitrogen and oxygen atoms in total. The second-order valence-electron chi connectivity index (χ2n) is 2.65. The monoisotopic (exact) mass is 228 g/mol. The van der Waals surface area contributed by atoms with Gasteiger partial charge in [0.05, 0.1) is 22.4 Å². The highest BCUT2D eigenvalue weighted by Crippen LogP contribution is 2.29. The first-order valence-electron chi connectivity index (χ1n) is 3.79. The van der Waals surface area contributed by atoms with Gasteiger partial charge in [-0.05, 0) is 12.1 Å². The molecule has 0 bridgehead atoms. The molecular weight excluding hydrogens is 223 g/mol. The van der Waals surface area contributed by atoms with Crippen LogP contribution >= 0.6 is 23.2 Å². The minimum atomic E-state index is 0.422. The molecule has 2 aromatic rings. The van der Waals surface area contributed by atoms with Crippen LogP contribution in [0.4, 0.5) is 5.69 Å². The second-order valence-corrected chi connectivity index (χ2v) is 3.47. The van der Waals surface area contributed by atoms with Crippen molar-refractivity contribution in [3.05, 3.63) is 34.6 Å². The molecule has 0 saturated carbocycles. The van der Waals surface area contributed by atoms with Gasteiger partial charge in [-0.3, -0.25) is 0 Å². The largest absolute Gasteiger partial charge is 0.399 e. The Balaban J connectivity index is 2.64. The van der Waals surface area contributed by atoms with Crippen molar-refractivity contribution in [2.45, 2.75) is 0 Å². The molecule has 14 heavy (non-hydrogen) atoms. The fourth-order valence-electron chi connectivity index (χ4n) is 1.11. The first-order valence-corrected chi connectivity index (χ1v) is 4.55. The minimum absolute atomic E-state index is 0.422. The Morgan fingerprint density at radius 2 is 1.57 bits per heavy atom. The highest BCUT2D eigenvalue weighted by Gasteiger charge is 2.10. The van der Waals surface area contributed by atoms with E-state index >= 15 is 0 Å². The molecule has 72 valence electrons. The number of hydrogen-bond acceptors (Lipinski definition) is 3. The Kier molecular flexibility index (Phi) is 2.31. The van der Waals surface area contributed by atoms with Crippen LogP contribution in [0.2, 0.25) is 10.0 Å². The predicted octanol–water partition coefficient (Wildman–Crippen LogP) is 2.16. The maximum atomic E-state index is 5.96. The Bertz CT molecular complexity index is 429. The molecule has 2 N–H and O–H groups in total. The SMILES string of the molecule is Nc1cc(Cl)c(-n2nccn2)c(Cl)c1. The van der Waals surface area contributed by atoms with Gasteiger partial charge in [-0.1, -0.05) is 23.2 Å². The maximum Gasteiger partial charge on any atom is 0.123 e. The number of nitrogens with zero attached hydrogens (tertiary/aromatic N) is 3. The van der Waals surface area contributed by atoms with Crippen molar-refractivity contribution in [2.75, 3.05) is 5.73 Å². The molecule has 0 saturated heterocycles. The molecule has 1 heterocycles. The number of anilines is 1. The summed E-state index contributed by atoms with van der Waals surface area (Å²) in [5.74, 6) is 0. The van der Waals surface area contributed by atoms with E-state index in [-0.39, 0.29) is 0 Å².